The van der Waals surface area contributed by atoms with Crippen LogP contribution in [-0.4, -0.2) is 14.5 Å². The number of nitriles is 2. The quantitative estimate of drug-likeness (QED) is 0.759. The topological polar surface area (TPSA) is 124 Å². The molecule has 0 saturated heterocycles. The van der Waals surface area contributed by atoms with Crippen molar-refractivity contribution in [2.75, 3.05) is 5.73 Å². The molecule has 1 aromatic carbocycles. The number of nitrogen functional groups attached to an aromatic ring is 1. The summed E-state index contributed by atoms with van der Waals surface area (Å²) < 4.78 is 1.89. The summed E-state index contributed by atoms with van der Waals surface area (Å²) in [5, 5.41) is 18.7. The number of H-pyrrole nitrogens is 1. The molecule has 0 amide bonds. The SMILES string of the molecule is N#Cc1c(N)[nH]c(=O)c(C#N)c1-c1cccc(Cn2ccnc2)c1. The third-order valence-electron chi connectivity index (χ3n) is 3.61. The molecule has 7 heteroatoms. The van der Waals surface area contributed by atoms with Crippen molar-refractivity contribution in [2.45, 2.75) is 6.54 Å². The molecule has 116 valence electrons. The van der Waals surface area contributed by atoms with Crippen LogP contribution in [0.3, 0.4) is 0 Å². The maximum absolute atomic E-state index is 12.0. The van der Waals surface area contributed by atoms with Gasteiger partial charge in [0.1, 0.15) is 29.1 Å². The lowest BCUT2D eigenvalue weighted by atomic mass is 9.95. The molecule has 0 bridgehead atoms. The lowest BCUT2D eigenvalue weighted by Crippen LogP contribution is -2.16. The van der Waals surface area contributed by atoms with E-state index in [4.69, 9.17) is 5.73 Å². The molecule has 0 spiro atoms. The van der Waals surface area contributed by atoms with Gasteiger partial charge in [0.25, 0.3) is 5.56 Å². The fourth-order valence-corrected chi connectivity index (χ4v) is 2.55. The van der Waals surface area contributed by atoms with E-state index in [1.807, 2.05) is 35.0 Å². The molecule has 0 fully saturated rings. The van der Waals surface area contributed by atoms with E-state index in [1.165, 1.54) is 0 Å². The molecule has 0 aliphatic rings. The van der Waals surface area contributed by atoms with Crippen LogP contribution in [0.1, 0.15) is 16.7 Å². The van der Waals surface area contributed by atoms with Gasteiger partial charge in [-0.3, -0.25) is 4.79 Å². The highest BCUT2D eigenvalue weighted by Gasteiger charge is 2.18. The number of aromatic amines is 1. The van der Waals surface area contributed by atoms with Gasteiger partial charge in [0.05, 0.1) is 6.33 Å². The highest BCUT2D eigenvalue weighted by atomic mass is 16.1. The number of imidazole rings is 1. The molecule has 0 aliphatic heterocycles. The summed E-state index contributed by atoms with van der Waals surface area (Å²) in [6, 6.07) is 11.1. The van der Waals surface area contributed by atoms with Crippen molar-refractivity contribution in [1.29, 1.82) is 10.5 Å². The highest BCUT2D eigenvalue weighted by molar-refractivity contribution is 5.80. The lowest BCUT2D eigenvalue weighted by Gasteiger charge is -2.10. The van der Waals surface area contributed by atoms with Gasteiger partial charge >= 0.3 is 0 Å². The number of rotatable bonds is 3. The predicted molar refractivity (Wildman–Crippen MR) is 87.7 cm³/mol. The fraction of sp³-hybridized carbons (Fsp3) is 0.0588. The van der Waals surface area contributed by atoms with Crippen molar-refractivity contribution < 1.29 is 0 Å². The van der Waals surface area contributed by atoms with Gasteiger partial charge in [0.2, 0.25) is 0 Å². The molecule has 3 N–H and O–H groups in total. The Hall–Kier alpha value is -3.84. The zero-order valence-corrected chi connectivity index (χ0v) is 12.5. The van der Waals surface area contributed by atoms with E-state index in [9.17, 15) is 15.3 Å². The number of anilines is 1. The average molecular weight is 316 g/mol. The van der Waals surface area contributed by atoms with Crippen LogP contribution in [0.2, 0.25) is 0 Å². The standard InChI is InChI=1S/C17H12N6O/c18-7-13-15(14(8-19)17(24)22-16(13)20)12-3-1-2-11(6-12)9-23-5-4-21-10-23/h1-6,10H,9H2,(H3,20,22,24). The number of nitrogens with one attached hydrogen (secondary N) is 1. The molecule has 0 radical (unpaired) electrons. The number of nitrogens with two attached hydrogens (primary N) is 1. The smallest absolute Gasteiger partial charge is 0.268 e. The first-order valence-electron chi connectivity index (χ1n) is 7.05. The van der Waals surface area contributed by atoms with Crippen LogP contribution in [0.5, 0.6) is 0 Å². The second kappa shape index (κ2) is 6.11. The van der Waals surface area contributed by atoms with Crippen molar-refractivity contribution in [3.05, 3.63) is 70.0 Å². The van der Waals surface area contributed by atoms with Crippen LogP contribution in [0.4, 0.5) is 5.82 Å². The van der Waals surface area contributed by atoms with Crippen LogP contribution < -0.4 is 11.3 Å². The summed E-state index contributed by atoms with van der Waals surface area (Å²) in [6.45, 7) is 0.580. The van der Waals surface area contributed by atoms with Crippen molar-refractivity contribution in [3.8, 4) is 23.3 Å². The molecule has 3 rings (SSSR count). The molecule has 3 aromatic rings. The van der Waals surface area contributed by atoms with E-state index >= 15 is 0 Å². The highest BCUT2D eigenvalue weighted by Crippen LogP contribution is 2.28. The van der Waals surface area contributed by atoms with Gasteiger partial charge in [-0.2, -0.15) is 10.5 Å². The van der Waals surface area contributed by atoms with E-state index in [2.05, 4.69) is 9.97 Å². The molecule has 7 nitrogen and oxygen atoms in total. The minimum atomic E-state index is -0.607. The van der Waals surface area contributed by atoms with Crippen LogP contribution >= 0.6 is 0 Å². The van der Waals surface area contributed by atoms with E-state index < -0.39 is 5.56 Å². The van der Waals surface area contributed by atoms with E-state index in [-0.39, 0.29) is 22.5 Å². The van der Waals surface area contributed by atoms with Gasteiger partial charge in [-0.1, -0.05) is 18.2 Å². The molecule has 2 heterocycles. The Balaban J connectivity index is 2.18. The Morgan fingerprint density at radius 1 is 1.25 bits per heavy atom. The van der Waals surface area contributed by atoms with Crippen LogP contribution in [0.15, 0.2) is 47.8 Å². The number of benzene rings is 1. The number of nitrogens with zero attached hydrogens (tertiary/aromatic N) is 4. The molecule has 0 saturated carbocycles. The Labute approximate surface area is 137 Å². The van der Waals surface area contributed by atoms with Crippen molar-refractivity contribution in [1.82, 2.24) is 14.5 Å². The molecular weight excluding hydrogens is 304 g/mol. The maximum Gasteiger partial charge on any atom is 0.268 e. The summed E-state index contributed by atoms with van der Waals surface area (Å²) in [4.78, 5) is 18.3. The number of hydrogen-bond donors (Lipinski definition) is 2. The third kappa shape index (κ3) is 2.62. The Morgan fingerprint density at radius 2 is 2.04 bits per heavy atom. The average Bonchev–Trinajstić information content (AvgIpc) is 3.07. The first-order valence-corrected chi connectivity index (χ1v) is 7.05. The third-order valence-corrected chi connectivity index (χ3v) is 3.61. The van der Waals surface area contributed by atoms with E-state index in [0.29, 0.717) is 12.1 Å². The van der Waals surface area contributed by atoms with E-state index in [0.717, 1.165) is 5.56 Å². The van der Waals surface area contributed by atoms with Gasteiger partial charge < -0.3 is 15.3 Å². The summed E-state index contributed by atoms with van der Waals surface area (Å²) >= 11 is 0. The Bertz CT molecular complexity index is 1030. The van der Waals surface area contributed by atoms with Gasteiger partial charge in [-0.25, -0.2) is 4.98 Å². The van der Waals surface area contributed by atoms with Gasteiger partial charge in [0.15, 0.2) is 0 Å². The van der Waals surface area contributed by atoms with Crippen molar-refractivity contribution >= 4 is 5.82 Å². The number of aromatic nitrogens is 3. The summed E-state index contributed by atoms with van der Waals surface area (Å²) in [5.74, 6) is -0.0449. The van der Waals surface area contributed by atoms with Gasteiger partial charge in [-0.05, 0) is 17.2 Å². The minimum absolute atomic E-state index is 0.0449. The Morgan fingerprint density at radius 3 is 2.71 bits per heavy atom. The molecule has 24 heavy (non-hydrogen) atoms. The number of pyridine rings is 1. The van der Waals surface area contributed by atoms with Gasteiger partial charge in [-0.15, -0.1) is 0 Å². The first-order chi connectivity index (χ1) is 11.6. The monoisotopic (exact) mass is 316 g/mol. The van der Waals surface area contributed by atoms with Crippen molar-refractivity contribution in [2.24, 2.45) is 0 Å². The maximum atomic E-state index is 12.0. The first kappa shape index (κ1) is 15.1. The number of hydrogen-bond acceptors (Lipinski definition) is 5. The molecule has 0 unspecified atom stereocenters. The zero-order valence-electron chi connectivity index (χ0n) is 12.5. The lowest BCUT2D eigenvalue weighted by molar-refractivity contribution is 0.797. The normalized spacial score (nSPS) is 10.1. The Kier molecular flexibility index (Phi) is 3.84. The van der Waals surface area contributed by atoms with Crippen molar-refractivity contribution in [3.63, 3.8) is 0 Å². The predicted octanol–water partition coefficient (Wildman–Crippen LogP) is 1.61. The summed E-state index contributed by atoms with van der Waals surface area (Å²) in [5.41, 5.74) is 6.89. The summed E-state index contributed by atoms with van der Waals surface area (Å²) in [6.07, 6.45) is 5.21. The van der Waals surface area contributed by atoms with Crippen LogP contribution in [0, 0.1) is 22.7 Å². The molecule has 0 aliphatic carbocycles. The fourth-order valence-electron chi connectivity index (χ4n) is 2.55. The zero-order chi connectivity index (χ0) is 17.1. The summed E-state index contributed by atoms with van der Waals surface area (Å²) in [7, 11) is 0. The molecule has 0 atom stereocenters. The van der Waals surface area contributed by atoms with E-state index in [1.54, 1.807) is 24.7 Å². The minimum Gasteiger partial charge on any atom is -0.384 e. The van der Waals surface area contributed by atoms with Crippen LogP contribution in [0.25, 0.3) is 11.1 Å². The molecular formula is C17H12N6O. The second-order valence-corrected chi connectivity index (χ2v) is 5.15. The largest absolute Gasteiger partial charge is 0.384 e. The van der Waals surface area contributed by atoms with Gasteiger partial charge in [0, 0.05) is 24.5 Å². The second-order valence-electron chi connectivity index (χ2n) is 5.15. The van der Waals surface area contributed by atoms with Crippen LogP contribution in [-0.2, 0) is 6.54 Å². The molecule has 2 aromatic heterocycles.